The molecule has 0 aliphatic rings. The summed E-state index contributed by atoms with van der Waals surface area (Å²) in [5, 5.41) is 0. The summed E-state index contributed by atoms with van der Waals surface area (Å²) in [5.41, 5.74) is 1.32. The van der Waals surface area contributed by atoms with Gasteiger partial charge in [0.15, 0.2) is 0 Å². The van der Waals surface area contributed by atoms with Crippen LogP contribution in [0.1, 0.15) is 25.7 Å². The fraction of sp³-hybridized carbons (Fsp3) is 0.333. The van der Waals surface area contributed by atoms with E-state index in [4.69, 9.17) is 0 Å². The van der Waals surface area contributed by atoms with Gasteiger partial charge in [-0.15, -0.1) is 13.2 Å². The Bertz CT molecular complexity index is 172. The van der Waals surface area contributed by atoms with E-state index in [0.717, 1.165) is 25.7 Å². The van der Waals surface area contributed by atoms with Crippen LogP contribution in [-0.4, -0.2) is 0 Å². The summed E-state index contributed by atoms with van der Waals surface area (Å²) in [6.07, 6.45) is 12.2. The fourth-order valence-electron chi connectivity index (χ4n) is 0.943. The Balaban J connectivity index is 3.76. The average molecular weight is 162 g/mol. The number of rotatable bonds is 7. The summed E-state index contributed by atoms with van der Waals surface area (Å²) in [4.78, 5) is 0. The smallest absolute Gasteiger partial charge is 0.0248 e. The highest BCUT2D eigenvalue weighted by Gasteiger charge is 1.88. The number of unbranched alkanes of at least 4 members (excludes halogenated alkanes) is 1. The molecule has 0 aliphatic carbocycles. The van der Waals surface area contributed by atoms with Crippen LogP contribution in [-0.2, 0) is 0 Å². The van der Waals surface area contributed by atoms with Gasteiger partial charge in [-0.1, -0.05) is 36.5 Å². The first-order valence-corrected chi connectivity index (χ1v) is 4.38. The van der Waals surface area contributed by atoms with Gasteiger partial charge in [0, 0.05) is 0 Å². The monoisotopic (exact) mass is 162 g/mol. The highest BCUT2D eigenvalue weighted by Crippen LogP contribution is 2.08. The quantitative estimate of drug-likeness (QED) is 0.301. The zero-order valence-corrected chi connectivity index (χ0v) is 7.76. The minimum Gasteiger partial charge on any atom is -0.103 e. The number of allylic oxidation sites excluding steroid dienone is 5. The molecule has 0 fully saturated rings. The molecule has 0 nitrogen and oxygen atoms in total. The first-order chi connectivity index (χ1) is 5.85. The van der Waals surface area contributed by atoms with Gasteiger partial charge in [0.05, 0.1) is 0 Å². The lowest BCUT2D eigenvalue weighted by Gasteiger charge is -1.97. The summed E-state index contributed by atoms with van der Waals surface area (Å²) < 4.78 is 0. The molecule has 0 saturated heterocycles. The third-order valence-corrected chi connectivity index (χ3v) is 1.68. The van der Waals surface area contributed by atoms with Crippen molar-refractivity contribution in [3.63, 3.8) is 0 Å². The van der Waals surface area contributed by atoms with E-state index < -0.39 is 0 Å². The molecule has 0 rings (SSSR count). The standard InChI is InChI=1S/C12H18/c1-4-7-9-11-12(6-3)10-8-5-2/h4-6,11H,1-3,7-10H2. The molecule has 0 saturated carbocycles. The lowest BCUT2D eigenvalue weighted by molar-refractivity contribution is 0.971. The molecule has 0 heterocycles. The Morgan fingerprint density at radius 1 is 0.917 bits per heavy atom. The Morgan fingerprint density at radius 3 is 2.08 bits per heavy atom. The van der Waals surface area contributed by atoms with Gasteiger partial charge in [0.2, 0.25) is 0 Å². The summed E-state index contributed by atoms with van der Waals surface area (Å²) in [6.45, 7) is 11.1. The van der Waals surface area contributed by atoms with Crippen molar-refractivity contribution >= 4 is 0 Å². The first kappa shape index (κ1) is 11.0. The maximum Gasteiger partial charge on any atom is -0.0248 e. The Hall–Kier alpha value is -1.04. The van der Waals surface area contributed by atoms with E-state index in [9.17, 15) is 0 Å². The maximum atomic E-state index is 3.76. The van der Waals surface area contributed by atoms with Crippen molar-refractivity contribution in [2.24, 2.45) is 0 Å². The molecule has 0 aromatic rings. The molecule has 0 unspecified atom stereocenters. The van der Waals surface area contributed by atoms with Crippen LogP contribution in [0.2, 0.25) is 0 Å². The van der Waals surface area contributed by atoms with Crippen molar-refractivity contribution in [2.45, 2.75) is 25.7 Å². The van der Waals surface area contributed by atoms with E-state index >= 15 is 0 Å². The topological polar surface area (TPSA) is 0 Å². The third kappa shape index (κ3) is 5.72. The zero-order chi connectivity index (χ0) is 9.23. The molecule has 0 N–H and O–H groups in total. The third-order valence-electron chi connectivity index (χ3n) is 1.68. The lowest BCUT2D eigenvalue weighted by Crippen LogP contribution is -1.77. The van der Waals surface area contributed by atoms with Gasteiger partial charge in [0.25, 0.3) is 0 Å². The van der Waals surface area contributed by atoms with E-state index in [1.54, 1.807) is 0 Å². The van der Waals surface area contributed by atoms with Gasteiger partial charge in [-0.05, 0) is 25.7 Å². The minimum atomic E-state index is 1.03. The minimum absolute atomic E-state index is 1.03. The molecule has 0 aromatic carbocycles. The Labute approximate surface area is 76.0 Å². The Kier molecular flexibility index (Phi) is 7.36. The van der Waals surface area contributed by atoms with Crippen molar-refractivity contribution in [1.82, 2.24) is 0 Å². The van der Waals surface area contributed by atoms with Gasteiger partial charge in [-0.25, -0.2) is 0 Å². The first-order valence-electron chi connectivity index (χ1n) is 4.38. The molecule has 12 heavy (non-hydrogen) atoms. The van der Waals surface area contributed by atoms with Crippen molar-refractivity contribution in [3.05, 3.63) is 49.6 Å². The van der Waals surface area contributed by atoms with E-state index in [1.165, 1.54) is 5.57 Å². The van der Waals surface area contributed by atoms with E-state index in [0.29, 0.717) is 0 Å². The van der Waals surface area contributed by atoms with Crippen LogP contribution in [0.25, 0.3) is 0 Å². The molecule has 0 aliphatic heterocycles. The van der Waals surface area contributed by atoms with E-state index in [-0.39, 0.29) is 0 Å². The summed E-state index contributed by atoms with van der Waals surface area (Å²) in [5.74, 6) is 0. The number of hydrogen-bond donors (Lipinski definition) is 0. The molecule has 0 heteroatoms. The highest BCUT2D eigenvalue weighted by atomic mass is 13.9. The maximum absolute atomic E-state index is 3.76. The van der Waals surface area contributed by atoms with Crippen LogP contribution in [0.4, 0.5) is 0 Å². The Morgan fingerprint density at radius 2 is 1.58 bits per heavy atom. The molecular weight excluding hydrogens is 144 g/mol. The van der Waals surface area contributed by atoms with Gasteiger partial charge in [0.1, 0.15) is 0 Å². The predicted octanol–water partition coefficient (Wildman–Crippen LogP) is 4.03. The van der Waals surface area contributed by atoms with Gasteiger partial charge < -0.3 is 0 Å². The molecule has 0 atom stereocenters. The van der Waals surface area contributed by atoms with Crippen LogP contribution >= 0.6 is 0 Å². The van der Waals surface area contributed by atoms with Gasteiger partial charge in [-0.3, -0.25) is 0 Å². The molecule has 0 radical (unpaired) electrons. The van der Waals surface area contributed by atoms with Crippen LogP contribution in [0.3, 0.4) is 0 Å². The second-order valence-corrected chi connectivity index (χ2v) is 2.68. The lowest BCUT2D eigenvalue weighted by atomic mass is 10.1. The highest BCUT2D eigenvalue weighted by molar-refractivity contribution is 5.16. The van der Waals surface area contributed by atoms with Crippen LogP contribution in [0, 0.1) is 0 Å². The average Bonchev–Trinajstić information content (AvgIpc) is 2.11. The van der Waals surface area contributed by atoms with Crippen LogP contribution in [0.15, 0.2) is 49.6 Å². The van der Waals surface area contributed by atoms with Crippen LogP contribution in [0.5, 0.6) is 0 Å². The second kappa shape index (κ2) is 8.06. The SMILES string of the molecule is C=CCCC=C(C=C)CCC=C. The largest absolute Gasteiger partial charge is 0.103 e. The van der Waals surface area contributed by atoms with E-state index in [1.807, 2.05) is 18.2 Å². The van der Waals surface area contributed by atoms with Crippen LogP contribution < -0.4 is 0 Å². The number of hydrogen-bond acceptors (Lipinski definition) is 0. The zero-order valence-electron chi connectivity index (χ0n) is 7.76. The van der Waals surface area contributed by atoms with Crippen molar-refractivity contribution < 1.29 is 0 Å². The summed E-state index contributed by atoms with van der Waals surface area (Å²) in [6, 6.07) is 0. The molecule has 66 valence electrons. The predicted molar refractivity (Wildman–Crippen MR) is 57.1 cm³/mol. The van der Waals surface area contributed by atoms with Crippen molar-refractivity contribution in [2.75, 3.05) is 0 Å². The fourth-order valence-corrected chi connectivity index (χ4v) is 0.943. The molecule has 0 aromatic heterocycles. The summed E-state index contributed by atoms with van der Waals surface area (Å²) >= 11 is 0. The molecule has 0 amide bonds. The van der Waals surface area contributed by atoms with Crippen molar-refractivity contribution in [1.29, 1.82) is 0 Å². The van der Waals surface area contributed by atoms with Gasteiger partial charge >= 0.3 is 0 Å². The molecule has 0 bridgehead atoms. The molecule has 0 spiro atoms. The normalized spacial score (nSPS) is 10.8. The van der Waals surface area contributed by atoms with E-state index in [2.05, 4.69) is 25.8 Å². The van der Waals surface area contributed by atoms with Crippen molar-refractivity contribution in [3.8, 4) is 0 Å². The van der Waals surface area contributed by atoms with Gasteiger partial charge in [-0.2, -0.15) is 0 Å². The second-order valence-electron chi connectivity index (χ2n) is 2.68. The summed E-state index contributed by atoms with van der Waals surface area (Å²) in [7, 11) is 0. The molecular formula is C12H18.